The first-order valence-electron chi connectivity index (χ1n) is 6.21. The second-order valence-electron chi connectivity index (χ2n) is 5.83. The maximum absolute atomic E-state index is 11.3. The SMILES string of the molecule is COC(=O)C(C)(O)COc1ccc(C(C)(C)C)cc1. The van der Waals surface area contributed by atoms with Gasteiger partial charge in [-0.2, -0.15) is 0 Å². The van der Waals surface area contributed by atoms with Crippen molar-refractivity contribution in [2.24, 2.45) is 0 Å². The highest BCUT2D eigenvalue weighted by atomic mass is 16.6. The number of rotatable bonds is 4. The van der Waals surface area contributed by atoms with E-state index in [-0.39, 0.29) is 12.0 Å². The fraction of sp³-hybridized carbons (Fsp3) is 0.533. The second kappa shape index (κ2) is 5.61. The van der Waals surface area contributed by atoms with Crippen LogP contribution in [-0.2, 0) is 14.9 Å². The normalized spacial score (nSPS) is 14.6. The molecule has 4 nitrogen and oxygen atoms in total. The van der Waals surface area contributed by atoms with Gasteiger partial charge in [-0.3, -0.25) is 0 Å². The molecule has 0 aliphatic heterocycles. The summed E-state index contributed by atoms with van der Waals surface area (Å²) in [5.74, 6) is -0.101. The molecule has 1 rings (SSSR count). The molecule has 19 heavy (non-hydrogen) atoms. The summed E-state index contributed by atoms with van der Waals surface area (Å²) in [6, 6.07) is 7.60. The number of hydrogen-bond acceptors (Lipinski definition) is 4. The smallest absolute Gasteiger partial charge is 0.341 e. The summed E-state index contributed by atoms with van der Waals surface area (Å²) in [5.41, 5.74) is -0.368. The molecule has 4 heteroatoms. The summed E-state index contributed by atoms with van der Waals surface area (Å²) in [4.78, 5) is 11.3. The van der Waals surface area contributed by atoms with E-state index in [2.05, 4.69) is 25.5 Å². The van der Waals surface area contributed by atoms with Crippen LogP contribution in [0.25, 0.3) is 0 Å². The first kappa shape index (κ1) is 15.5. The van der Waals surface area contributed by atoms with Crippen LogP contribution in [0.1, 0.15) is 33.3 Å². The average molecular weight is 266 g/mol. The summed E-state index contributed by atoms with van der Waals surface area (Å²) in [5, 5.41) is 9.83. The van der Waals surface area contributed by atoms with Crippen LogP contribution in [0.4, 0.5) is 0 Å². The van der Waals surface area contributed by atoms with Gasteiger partial charge in [0.15, 0.2) is 5.60 Å². The summed E-state index contributed by atoms with van der Waals surface area (Å²) < 4.78 is 9.91. The van der Waals surface area contributed by atoms with Crippen molar-refractivity contribution in [3.63, 3.8) is 0 Å². The van der Waals surface area contributed by atoms with Gasteiger partial charge in [0.1, 0.15) is 12.4 Å². The number of esters is 1. The molecule has 0 radical (unpaired) electrons. The molecular weight excluding hydrogens is 244 g/mol. The number of carbonyl (C=O) groups excluding carboxylic acids is 1. The van der Waals surface area contributed by atoms with Crippen LogP contribution in [0.15, 0.2) is 24.3 Å². The minimum atomic E-state index is -1.64. The zero-order valence-electron chi connectivity index (χ0n) is 12.2. The van der Waals surface area contributed by atoms with Crippen molar-refractivity contribution in [3.8, 4) is 5.75 Å². The fourth-order valence-corrected chi connectivity index (χ4v) is 1.55. The summed E-state index contributed by atoms with van der Waals surface area (Å²) in [6.45, 7) is 7.61. The van der Waals surface area contributed by atoms with Crippen LogP contribution in [0, 0.1) is 0 Å². The maximum atomic E-state index is 11.3. The third-order valence-corrected chi connectivity index (χ3v) is 2.87. The van der Waals surface area contributed by atoms with Gasteiger partial charge in [0, 0.05) is 0 Å². The van der Waals surface area contributed by atoms with Crippen LogP contribution >= 0.6 is 0 Å². The Balaban J connectivity index is 2.67. The van der Waals surface area contributed by atoms with Crippen molar-refractivity contribution in [1.29, 1.82) is 0 Å². The molecule has 0 aromatic heterocycles. The van der Waals surface area contributed by atoms with Gasteiger partial charge in [-0.15, -0.1) is 0 Å². The summed E-state index contributed by atoms with van der Waals surface area (Å²) in [7, 11) is 1.23. The van der Waals surface area contributed by atoms with Crippen molar-refractivity contribution in [3.05, 3.63) is 29.8 Å². The molecule has 1 N–H and O–H groups in total. The van der Waals surface area contributed by atoms with E-state index in [0.29, 0.717) is 5.75 Å². The van der Waals surface area contributed by atoms with Crippen LogP contribution in [-0.4, -0.2) is 30.4 Å². The van der Waals surface area contributed by atoms with Crippen LogP contribution in [0.2, 0.25) is 0 Å². The van der Waals surface area contributed by atoms with Crippen LogP contribution in [0.5, 0.6) is 5.75 Å². The van der Waals surface area contributed by atoms with E-state index in [1.807, 2.05) is 24.3 Å². The van der Waals surface area contributed by atoms with Crippen molar-refractivity contribution in [2.75, 3.05) is 13.7 Å². The van der Waals surface area contributed by atoms with Crippen molar-refractivity contribution in [2.45, 2.75) is 38.7 Å². The standard InChI is InChI=1S/C15H22O4/c1-14(2,3)11-6-8-12(9-7-11)19-10-15(4,17)13(16)18-5/h6-9,17H,10H2,1-5H3. The lowest BCUT2D eigenvalue weighted by atomic mass is 9.87. The van der Waals surface area contributed by atoms with Gasteiger partial charge < -0.3 is 14.6 Å². The highest BCUT2D eigenvalue weighted by Crippen LogP contribution is 2.24. The second-order valence-corrected chi connectivity index (χ2v) is 5.83. The number of ether oxygens (including phenoxy) is 2. The molecule has 106 valence electrons. The van der Waals surface area contributed by atoms with Crippen molar-refractivity contribution in [1.82, 2.24) is 0 Å². The topological polar surface area (TPSA) is 55.8 Å². The first-order valence-corrected chi connectivity index (χ1v) is 6.21. The minimum Gasteiger partial charge on any atom is -0.490 e. The fourth-order valence-electron chi connectivity index (χ4n) is 1.55. The van der Waals surface area contributed by atoms with Gasteiger partial charge in [0.25, 0.3) is 0 Å². The Morgan fingerprint density at radius 3 is 2.11 bits per heavy atom. The Bertz CT molecular complexity index is 426. The molecule has 0 spiro atoms. The van der Waals surface area contributed by atoms with E-state index in [4.69, 9.17) is 4.74 Å². The number of benzene rings is 1. The molecule has 0 amide bonds. The molecule has 0 aliphatic carbocycles. The van der Waals surface area contributed by atoms with E-state index >= 15 is 0 Å². The molecule has 0 heterocycles. The van der Waals surface area contributed by atoms with E-state index in [1.165, 1.54) is 19.6 Å². The van der Waals surface area contributed by atoms with Gasteiger partial charge in [0.2, 0.25) is 0 Å². The molecule has 0 saturated carbocycles. The monoisotopic (exact) mass is 266 g/mol. The molecule has 0 bridgehead atoms. The third kappa shape index (κ3) is 4.24. The number of carbonyl (C=O) groups is 1. The maximum Gasteiger partial charge on any atom is 0.341 e. The third-order valence-electron chi connectivity index (χ3n) is 2.87. The molecule has 1 aromatic rings. The van der Waals surface area contributed by atoms with Gasteiger partial charge in [0.05, 0.1) is 7.11 Å². The Kier molecular flexibility index (Phi) is 4.58. The van der Waals surface area contributed by atoms with E-state index in [0.717, 1.165) is 0 Å². The van der Waals surface area contributed by atoms with E-state index < -0.39 is 11.6 Å². The summed E-state index contributed by atoms with van der Waals surface area (Å²) >= 11 is 0. The lowest BCUT2D eigenvalue weighted by Crippen LogP contribution is -2.42. The van der Waals surface area contributed by atoms with Crippen LogP contribution < -0.4 is 4.74 Å². The zero-order chi connectivity index (χ0) is 14.7. The number of aliphatic hydroxyl groups is 1. The highest BCUT2D eigenvalue weighted by Gasteiger charge is 2.32. The minimum absolute atomic E-state index is 0.0794. The van der Waals surface area contributed by atoms with Gasteiger partial charge in [-0.25, -0.2) is 4.79 Å². The number of hydrogen-bond donors (Lipinski definition) is 1. The molecular formula is C15H22O4. The molecule has 1 atom stereocenters. The Morgan fingerprint density at radius 2 is 1.68 bits per heavy atom. The molecule has 0 fully saturated rings. The Hall–Kier alpha value is -1.55. The first-order chi connectivity index (χ1) is 8.66. The van der Waals surface area contributed by atoms with Crippen molar-refractivity contribution < 1.29 is 19.4 Å². The predicted molar refractivity (Wildman–Crippen MR) is 73.3 cm³/mol. The van der Waals surface area contributed by atoms with E-state index in [9.17, 15) is 9.90 Å². The van der Waals surface area contributed by atoms with Crippen molar-refractivity contribution >= 4 is 5.97 Å². The Morgan fingerprint density at radius 1 is 1.16 bits per heavy atom. The van der Waals surface area contributed by atoms with Gasteiger partial charge in [-0.1, -0.05) is 32.9 Å². The van der Waals surface area contributed by atoms with E-state index in [1.54, 1.807) is 0 Å². The lowest BCUT2D eigenvalue weighted by molar-refractivity contribution is -0.163. The highest BCUT2D eigenvalue weighted by molar-refractivity contribution is 5.78. The molecule has 1 aromatic carbocycles. The largest absolute Gasteiger partial charge is 0.490 e. The number of methoxy groups -OCH3 is 1. The average Bonchev–Trinajstić information content (AvgIpc) is 2.35. The van der Waals surface area contributed by atoms with Gasteiger partial charge >= 0.3 is 5.97 Å². The quantitative estimate of drug-likeness (QED) is 0.849. The zero-order valence-corrected chi connectivity index (χ0v) is 12.2. The van der Waals surface area contributed by atoms with Gasteiger partial charge in [-0.05, 0) is 30.0 Å². The summed E-state index contributed by atoms with van der Waals surface area (Å²) in [6.07, 6.45) is 0. The lowest BCUT2D eigenvalue weighted by Gasteiger charge is -2.22. The predicted octanol–water partition coefficient (Wildman–Crippen LogP) is 2.29. The molecule has 1 unspecified atom stereocenters. The Labute approximate surface area is 114 Å². The molecule has 0 saturated heterocycles. The van der Waals surface area contributed by atoms with Crippen LogP contribution in [0.3, 0.4) is 0 Å². The molecule has 0 aliphatic rings.